The minimum atomic E-state index is -0.199. The molecule has 1 fully saturated rings. The fraction of sp³-hybridized carbons (Fsp3) is 0.909. The Morgan fingerprint density at radius 3 is 2.87 bits per heavy atom. The third-order valence-corrected chi connectivity index (χ3v) is 3.52. The summed E-state index contributed by atoms with van der Waals surface area (Å²) >= 11 is 2.38. The number of ether oxygens (including phenoxy) is 1. The summed E-state index contributed by atoms with van der Waals surface area (Å²) < 4.78 is 6.59. The van der Waals surface area contributed by atoms with E-state index in [2.05, 4.69) is 34.8 Å². The van der Waals surface area contributed by atoms with Gasteiger partial charge in [-0.25, -0.2) is 0 Å². The lowest BCUT2D eigenvalue weighted by Gasteiger charge is -2.14. The van der Waals surface area contributed by atoms with Crippen LogP contribution in [0.1, 0.15) is 32.6 Å². The zero-order chi connectivity index (χ0) is 11.1. The van der Waals surface area contributed by atoms with Crippen molar-refractivity contribution >= 4 is 28.5 Å². The second kappa shape index (κ2) is 7.44. The number of hydrogen-bond donors (Lipinski definition) is 1. The van der Waals surface area contributed by atoms with Crippen LogP contribution in [0.5, 0.6) is 0 Å². The van der Waals surface area contributed by atoms with Crippen molar-refractivity contribution in [1.29, 1.82) is 0 Å². The van der Waals surface area contributed by atoms with Crippen molar-refractivity contribution in [3.63, 3.8) is 0 Å². The molecule has 4 heteroatoms. The molecule has 88 valence electrons. The highest BCUT2D eigenvalue weighted by Crippen LogP contribution is 2.19. The highest BCUT2D eigenvalue weighted by molar-refractivity contribution is 14.1. The van der Waals surface area contributed by atoms with Gasteiger partial charge in [-0.15, -0.1) is 0 Å². The van der Waals surface area contributed by atoms with Crippen LogP contribution in [0, 0.1) is 5.92 Å². The van der Waals surface area contributed by atoms with Crippen molar-refractivity contribution in [2.45, 2.75) is 38.7 Å². The SMILES string of the molecule is CC1CCOC1C(=O)NCCCCCI. The Balaban J connectivity index is 2.08. The minimum Gasteiger partial charge on any atom is -0.368 e. The Morgan fingerprint density at radius 1 is 1.47 bits per heavy atom. The van der Waals surface area contributed by atoms with Gasteiger partial charge < -0.3 is 10.1 Å². The summed E-state index contributed by atoms with van der Waals surface area (Å²) in [5.74, 6) is 0.453. The predicted molar refractivity (Wildman–Crippen MR) is 69.3 cm³/mol. The molecule has 2 unspecified atom stereocenters. The van der Waals surface area contributed by atoms with Gasteiger partial charge in [-0.2, -0.15) is 0 Å². The third kappa shape index (κ3) is 4.68. The second-order valence-corrected chi connectivity index (χ2v) is 5.18. The molecule has 1 rings (SSSR count). The lowest BCUT2D eigenvalue weighted by Crippen LogP contribution is -2.37. The molecule has 0 aliphatic carbocycles. The molecule has 0 aromatic heterocycles. The number of hydrogen-bond acceptors (Lipinski definition) is 2. The predicted octanol–water partition coefficient (Wildman–Crippen LogP) is 2.13. The number of amides is 1. The number of halogens is 1. The lowest BCUT2D eigenvalue weighted by atomic mass is 10.0. The van der Waals surface area contributed by atoms with Crippen molar-refractivity contribution in [2.75, 3.05) is 17.6 Å². The van der Waals surface area contributed by atoms with Gasteiger partial charge in [-0.3, -0.25) is 4.79 Å². The molecule has 0 saturated carbocycles. The van der Waals surface area contributed by atoms with Gasteiger partial charge in [0.1, 0.15) is 6.10 Å². The zero-order valence-electron chi connectivity index (χ0n) is 9.30. The summed E-state index contributed by atoms with van der Waals surface area (Å²) in [6.45, 7) is 3.60. The third-order valence-electron chi connectivity index (χ3n) is 2.76. The average molecular weight is 325 g/mol. The molecule has 1 saturated heterocycles. The number of carbonyl (C=O) groups is 1. The first-order valence-electron chi connectivity index (χ1n) is 5.71. The normalized spacial score (nSPS) is 25.5. The van der Waals surface area contributed by atoms with Crippen LogP contribution in [0.3, 0.4) is 0 Å². The van der Waals surface area contributed by atoms with Gasteiger partial charge in [0.05, 0.1) is 0 Å². The van der Waals surface area contributed by atoms with Crippen LogP contribution in [-0.4, -0.2) is 29.6 Å². The topological polar surface area (TPSA) is 38.3 Å². The van der Waals surface area contributed by atoms with E-state index in [9.17, 15) is 4.79 Å². The Hall–Kier alpha value is 0.160. The highest BCUT2D eigenvalue weighted by atomic mass is 127. The van der Waals surface area contributed by atoms with Gasteiger partial charge >= 0.3 is 0 Å². The molecule has 2 atom stereocenters. The smallest absolute Gasteiger partial charge is 0.249 e. The number of carbonyl (C=O) groups excluding carboxylic acids is 1. The molecular formula is C11H20INO2. The number of alkyl halides is 1. The monoisotopic (exact) mass is 325 g/mol. The van der Waals surface area contributed by atoms with Gasteiger partial charge in [-0.05, 0) is 29.6 Å². The van der Waals surface area contributed by atoms with Crippen LogP contribution in [0.2, 0.25) is 0 Å². The number of rotatable bonds is 6. The maximum atomic E-state index is 11.7. The maximum Gasteiger partial charge on any atom is 0.249 e. The molecule has 15 heavy (non-hydrogen) atoms. The van der Waals surface area contributed by atoms with E-state index in [0.717, 1.165) is 26.0 Å². The van der Waals surface area contributed by atoms with Gasteiger partial charge in [0, 0.05) is 13.2 Å². The van der Waals surface area contributed by atoms with E-state index in [0.29, 0.717) is 5.92 Å². The maximum absolute atomic E-state index is 11.7. The fourth-order valence-electron chi connectivity index (χ4n) is 1.74. The van der Waals surface area contributed by atoms with Gasteiger partial charge in [-0.1, -0.05) is 35.9 Å². The van der Waals surface area contributed by atoms with Crippen molar-refractivity contribution in [2.24, 2.45) is 5.92 Å². The summed E-state index contributed by atoms with van der Waals surface area (Å²) in [5.41, 5.74) is 0. The van der Waals surface area contributed by atoms with E-state index in [1.54, 1.807) is 0 Å². The Morgan fingerprint density at radius 2 is 2.27 bits per heavy atom. The fourth-order valence-corrected chi connectivity index (χ4v) is 2.28. The molecule has 1 amide bonds. The first kappa shape index (κ1) is 13.2. The van der Waals surface area contributed by atoms with Crippen molar-refractivity contribution in [3.8, 4) is 0 Å². The van der Waals surface area contributed by atoms with Crippen LogP contribution >= 0.6 is 22.6 Å². The van der Waals surface area contributed by atoms with Gasteiger partial charge in [0.15, 0.2) is 0 Å². The highest BCUT2D eigenvalue weighted by Gasteiger charge is 2.30. The first-order chi connectivity index (χ1) is 7.25. The Labute approximate surface area is 105 Å². The summed E-state index contributed by atoms with van der Waals surface area (Å²) in [6.07, 6.45) is 4.33. The molecule has 0 aromatic carbocycles. The van der Waals surface area contributed by atoms with Crippen LogP contribution in [0.15, 0.2) is 0 Å². The molecule has 3 nitrogen and oxygen atoms in total. The standard InChI is InChI=1S/C11H20INO2/c1-9-5-8-15-10(9)11(14)13-7-4-2-3-6-12/h9-10H,2-8H2,1H3,(H,13,14). The minimum absolute atomic E-state index is 0.0782. The van der Waals surface area contributed by atoms with Crippen molar-refractivity contribution < 1.29 is 9.53 Å². The average Bonchev–Trinajstić information content (AvgIpc) is 2.64. The van der Waals surface area contributed by atoms with E-state index >= 15 is 0 Å². The molecule has 0 spiro atoms. The number of nitrogens with one attached hydrogen (secondary N) is 1. The van der Waals surface area contributed by atoms with Crippen LogP contribution < -0.4 is 5.32 Å². The Bertz CT molecular complexity index is 199. The molecule has 1 aliphatic rings. The molecular weight excluding hydrogens is 305 g/mol. The Kier molecular flexibility index (Phi) is 6.56. The van der Waals surface area contributed by atoms with E-state index in [-0.39, 0.29) is 12.0 Å². The molecule has 1 heterocycles. The second-order valence-electron chi connectivity index (χ2n) is 4.10. The zero-order valence-corrected chi connectivity index (χ0v) is 11.5. The van der Waals surface area contributed by atoms with Gasteiger partial charge in [0.2, 0.25) is 5.91 Å². The summed E-state index contributed by atoms with van der Waals surface area (Å²) in [5, 5.41) is 2.95. The lowest BCUT2D eigenvalue weighted by molar-refractivity contribution is -0.131. The summed E-state index contributed by atoms with van der Waals surface area (Å²) in [7, 11) is 0. The van der Waals surface area contributed by atoms with Crippen LogP contribution in [0.25, 0.3) is 0 Å². The van der Waals surface area contributed by atoms with E-state index in [1.165, 1.54) is 17.3 Å². The summed E-state index contributed by atoms with van der Waals surface area (Å²) in [4.78, 5) is 11.7. The molecule has 0 radical (unpaired) electrons. The van der Waals surface area contributed by atoms with Gasteiger partial charge in [0.25, 0.3) is 0 Å². The van der Waals surface area contributed by atoms with Crippen LogP contribution in [-0.2, 0) is 9.53 Å². The number of unbranched alkanes of at least 4 members (excludes halogenated alkanes) is 2. The van der Waals surface area contributed by atoms with E-state index < -0.39 is 0 Å². The molecule has 0 aromatic rings. The molecule has 1 N–H and O–H groups in total. The van der Waals surface area contributed by atoms with E-state index in [1.807, 2.05) is 0 Å². The molecule has 0 bridgehead atoms. The van der Waals surface area contributed by atoms with Crippen molar-refractivity contribution in [1.82, 2.24) is 5.32 Å². The van der Waals surface area contributed by atoms with E-state index in [4.69, 9.17) is 4.74 Å². The molecule has 1 aliphatic heterocycles. The summed E-state index contributed by atoms with van der Waals surface area (Å²) in [6, 6.07) is 0. The quantitative estimate of drug-likeness (QED) is 0.462. The largest absolute Gasteiger partial charge is 0.368 e. The first-order valence-corrected chi connectivity index (χ1v) is 7.23. The van der Waals surface area contributed by atoms with Crippen molar-refractivity contribution in [3.05, 3.63) is 0 Å². The van der Waals surface area contributed by atoms with Crippen LogP contribution in [0.4, 0.5) is 0 Å².